The molecule has 0 radical (unpaired) electrons. The minimum Gasteiger partial charge on any atom is -0.480 e. The minimum absolute atomic E-state index is 0.339. The van der Waals surface area contributed by atoms with Crippen molar-refractivity contribution in [2.75, 3.05) is 19.6 Å². The zero-order valence-electron chi connectivity index (χ0n) is 13.0. The van der Waals surface area contributed by atoms with Crippen molar-refractivity contribution < 1.29 is 9.90 Å². The van der Waals surface area contributed by atoms with E-state index in [2.05, 4.69) is 41.0 Å². The van der Waals surface area contributed by atoms with Gasteiger partial charge < -0.3 is 5.11 Å². The minimum atomic E-state index is -0.693. The summed E-state index contributed by atoms with van der Waals surface area (Å²) < 4.78 is 0. The Labute approximate surface area is 127 Å². The topological polar surface area (TPSA) is 43.8 Å². The highest BCUT2D eigenvalue weighted by atomic mass is 16.4. The molecule has 2 rings (SSSR count). The average Bonchev–Trinajstić information content (AvgIpc) is 2.65. The third kappa shape index (κ3) is 4.29. The van der Waals surface area contributed by atoms with E-state index >= 15 is 0 Å². The number of carboxylic acid groups (broad SMARTS) is 1. The molecule has 1 aliphatic rings. The predicted octanol–water partition coefficient (Wildman–Crippen LogP) is 2.45. The van der Waals surface area contributed by atoms with Crippen molar-refractivity contribution in [1.29, 1.82) is 0 Å². The van der Waals surface area contributed by atoms with E-state index in [4.69, 9.17) is 0 Å². The largest absolute Gasteiger partial charge is 0.480 e. The van der Waals surface area contributed by atoms with Gasteiger partial charge in [0.25, 0.3) is 0 Å². The fourth-order valence-electron chi connectivity index (χ4n) is 3.08. The Kier molecular flexibility index (Phi) is 5.76. The molecule has 21 heavy (non-hydrogen) atoms. The third-order valence-electron chi connectivity index (χ3n) is 4.47. The molecule has 116 valence electrons. The summed E-state index contributed by atoms with van der Waals surface area (Å²) in [6, 6.07) is 10.6. The van der Waals surface area contributed by atoms with Crippen LogP contribution in [0.3, 0.4) is 0 Å². The summed E-state index contributed by atoms with van der Waals surface area (Å²) in [5.74, 6) is -0.693. The van der Waals surface area contributed by atoms with Crippen molar-refractivity contribution in [1.82, 2.24) is 9.80 Å². The first-order chi connectivity index (χ1) is 10.1. The zero-order valence-corrected chi connectivity index (χ0v) is 13.0. The van der Waals surface area contributed by atoms with E-state index < -0.39 is 5.97 Å². The molecule has 1 aromatic carbocycles. The van der Waals surface area contributed by atoms with Gasteiger partial charge in [-0.2, -0.15) is 0 Å². The second kappa shape index (κ2) is 7.57. The summed E-state index contributed by atoms with van der Waals surface area (Å²) in [5, 5.41) is 9.33. The van der Waals surface area contributed by atoms with E-state index in [1.165, 1.54) is 5.56 Å². The highest BCUT2D eigenvalue weighted by Gasteiger charge is 2.28. The standard InChI is InChI=1S/C17H26N2O2/c1-3-16(17(20)21)18-10-9-14(2)19(12-11-18)13-15-7-5-4-6-8-15/h4-8,14,16H,3,9-13H2,1-2H3,(H,20,21). The van der Waals surface area contributed by atoms with Crippen molar-refractivity contribution in [3.63, 3.8) is 0 Å². The van der Waals surface area contributed by atoms with Crippen LogP contribution in [0, 0.1) is 0 Å². The van der Waals surface area contributed by atoms with E-state index in [0.29, 0.717) is 12.5 Å². The Morgan fingerprint density at radius 1 is 1.29 bits per heavy atom. The van der Waals surface area contributed by atoms with Crippen LogP contribution in [0.2, 0.25) is 0 Å². The molecule has 1 aromatic rings. The number of aliphatic carboxylic acids is 1. The Bertz CT molecular complexity index is 449. The van der Waals surface area contributed by atoms with Crippen LogP contribution in [0.4, 0.5) is 0 Å². The van der Waals surface area contributed by atoms with Gasteiger partial charge in [-0.05, 0) is 25.3 Å². The summed E-state index contributed by atoms with van der Waals surface area (Å²) in [6.07, 6.45) is 1.69. The van der Waals surface area contributed by atoms with Crippen LogP contribution in [0.5, 0.6) is 0 Å². The lowest BCUT2D eigenvalue weighted by Crippen LogP contribution is -2.42. The van der Waals surface area contributed by atoms with Crippen LogP contribution in [0.15, 0.2) is 30.3 Å². The number of nitrogens with zero attached hydrogens (tertiary/aromatic N) is 2. The van der Waals surface area contributed by atoms with E-state index in [9.17, 15) is 9.90 Å². The molecule has 0 aliphatic carbocycles. The van der Waals surface area contributed by atoms with Crippen molar-refractivity contribution in [3.8, 4) is 0 Å². The molecule has 0 spiro atoms. The van der Waals surface area contributed by atoms with Gasteiger partial charge in [0.05, 0.1) is 0 Å². The molecule has 1 fully saturated rings. The first-order valence-electron chi connectivity index (χ1n) is 7.86. The summed E-state index contributed by atoms with van der Waals surface area (Å²) >= 11 is 0. The third-order valence-corrected chi connectivity index (χ3v) is 4.47. The first kappa shape index (κ1) is 16.0. The molecular weight excluding hydrogens is 264 g/mol. The molecule has 2 unspecified atom stereocenters. The Balaban J connectivity index is 1.99. The van der Waals surface area contributed by atoms with E-state index in [-0.39, 0.29) is 6.04 Å². The van der Waals surface area contributed by atoms with Crippen molar-refractivity contribution in [3.05, 3.63) is 35.9 Å². The Morgan fingerprint density at radius 3 is 2.62 bits per heavy atom. The molecule has 1 saturated heterocycles. The van der Waals surface area contributed by atoms with Gasteiger partial charge in [-0.15, -0.1) is 0 Å². The van der Waals surface area contributed by atoms with Crippen molar-refractivity contribution in [2.45, 2.75) is 45.3 Å². The van der Waals surface area contributed by atoms with Crippen LogP contribution in [0.1, 0.15) is 32.3 Å². The second-order valence-electron chi connectivity index (χ2n) is 5.89. The molecule has 1 aliphatic heterocycles. The molecule has 4 heteroatoms. The molecule has 0 aromatic heterocycles. The predicted molar refractivity (Wildman–Crippen MR) is 84.2 cm³/mol. The molecule has 0 saturated carbocycles. The van der Waals surface area contributed by atoms with E-state index in [1.807, 2.05) is 13.0 Å². The van der Waals surface area contributed by atoms with Gasteiger partial charge in [-0.1, -0.05) is 37.3 Å². The molecule has 1 N–H and O–H groups in total. The van der Waals surface area contributed by atoms with Gasteiger partial charge in [-0.3, -0.25) is 14.6 Å². The molecule has 0 bridgehead atoms. The van der Waals surface area contributed by atoms with Crippen LogP contribution in [-0.4, -0.2) is 52.6 Å². The maximum Gasteiger partial charge on any atom is 0.320 e. The summed E-state index contributed by atoms with van der Waals surface area (Å²) in [6.45, 7) is 7.78. The molecule has 0 amide bonds. The normalized spacial score (nSPS) is 22.7. The second-order valence-corrected chi connectivity index (χ2v) is 5.89. The lowest BCUT2D eigenvalue weighted by molar-refractivity contribution is -0.143. The van der Waals surface area contributed by atoms with Gasteiger partial charge >= 0.3 is 5.97 Å². The quantitative estimate of drug-likeness (QED) is 0.904. The Hall–Kier alpha value is -1.39. The van der Waals surface area contributed by atoms with Crippen molar-refractivity contribution >= 4 is 5.97 Å². The van der Waals surface area contributed by atoms with Gasteiger partial charge in [0, 0.05) is 32.2 Å². The number of benzene rings is 1. The van der Waals surface area contributed by atoms with E-state index in [1.54, 1.807) is 0 Å². The zero-order chi connectivity index (χ0) is 15.2. The summed E-state index contributed by atoms with van der Waals surface area (Å²) in [7, 11) is 0. The maximum atomic E-state index is 11.3. The van der Waals surface area contributed by atoms with Crippen molar-refractivity contribution in [2.24, 2.45) is 0 Å². The molecule has 2 atom stereocenters. The monoisotopic (exact) mass is 290 g/mol. The average molecular weight is 290 g/mol. The van der Waals surface area contributed by atoms with Crippen LogP contribution < -0.4 is 0 Å². The maximum absolute atomic E-state index is 11.3. The molecule has 1 heterocycles. The fraction of sp³-hybridized carbons (Fsp3) is 0.588. The summed E-state index contributed by atoms with van der Waals surface area (Å²) in [4.78, 5) is 15.9. The number of carbonyl (C=O) groups is 1. The number of rotatable bonds is 5. The number of carboxylic acids is 1. The molecular formula is C17H26N2O2. The number of hydrogen-bond acceptors (Lipinski definition) is 3. The van der Waals surface area contributed by atoms with Crippen LogP contribution in [-0.2, 0) is 11.3 Å². The fourth-order valence-corrected chi connectivity index (χ4v) is 3.08. The lowest BCUT2D eigenvalue weighted by Gasteiger charge is -2.27. The van der Waals surface area contributed by atoms with Gasteiger partial charge in [0.1, 0.15) is 6.04 Å². The van der Waals surface area contributed by atoms with E-state index in [0.717, 1.165) is 32.6 Å². The van der Waals surface area contributed by atoms with Gasteiger partial charge in [0.15, 0.2) is 0 Å². The summed E-state index contributed by atoms with van der Waals surface area (Å²) in [5.41, 5.74) is 1.32. The number of hydrogen-bond donors (Lipinski definition) is 1. The van der Waals surface area contributed by atoms with Gasteiger partial charge in [0.2, 0.25) is 0 Å². The molecule has 4 nitrogen and oxygen atoms in total. The van der Waals surface area contributed by atoms with Crippen LogP contribution >= 0.6 is 0 Å². The first-order valence-corrected chi connectivity index (χ1v) is 7.86. The smallest absolute Gasteiger partial charge is 0.320 e. The van der Waals surface area contributed by atoms with Gasteiger partial charge in [-0.25, -0.2) is 0 Å². The Morgan fingerprint density at radius 2 is 2.00 bits per heavy atom. The van der Waals surface area contributed by atoms with Crippen LogP contribution in [0.25, 0.3) is 0 Å². The SMILES string of the molecule is CCC(C(=O)O)N1CCC(C)N(Cc2ccccc2)CC1. The highest BCUT2D eigenvalue weighted by molar-refractivity contribution is 5.73. The lowest BCUT2D eigenvalue weighted by atomic mass is 10.1. The highest BCUT2D eigenvalue weighted by Crippen LogP contribution is 2.17.